The number of aliphatic hydroxyl groups is 1. The molecule has 1 spiro atoms. The average molecular weight is 477 g/mol. The summed E-state index contributed by atoms with van der Waals surface area (Å²) in [5, 5.41) is 10.1. The second kappa shape index (κ2) is 9.06. The number of carbonyl (C=O) groups excluding carboxylic acids is 1. The zero-order valence-electron chi connectivity index (χ0n) is 21.6. The van der Waals surface area contributed by atoms with Gasteiger partial charge in [0, 0.05) is 32.1 Å². The van der Waals surface area contributed by atoms with E-state index in [0.29, 0.717) is 5.92 Å². The zero-order chi connectivity index (χ0) is 24.1. The highest BCUT2D eigenvalue weighted by molar-refractivity contribution is 5.68. The quantitative estimate of drug-likeness (QED) is 0.446. The Hall–Kier alpha value is -1.15. The first-order valence-corrected chi connectivity index (χ1v) is 13.4. The Kier molecular flexibility index (Phi) is 6.54. The molecule has 5 rings (SSSR count). The number of carbonyl (C=O) groups is 1. The minimum Gasteiger partial charge on any atom is -0.446 e. The highest BCUT2D eigenvalue weighted by Crippen LogP contribution is 2.59. The smallest absolute Gasteiger partial charge is 0.410 e. The largest absolute Gasteiger partial charge is 0.446 e. The molecule has 3 unspecified atom stereocenters. The maximum atomic E-state index is 12.8. The van der Waals surface area contributed by atoms with Gasteiger partial charge >= 0.3 is 6.09 Å². The van der Waals surface area contributed by atoms with E-state index in [-0.39, 0.29) is 35.4 Å². The van der Waals surface area contributed by atoms with Crippen LogP contribution in [0.5, 0.6) is 0 Å². The first kappa shape index (κ1) is 24.5. The highest BCUT2D eigenvalue weighted by Gasteiger charge is 2.68. The van der Waals surface area contributed by atoms with Crippen molar-refractivity contribution < 1.29 is 24.1 Å². The molecule has 1 saturated carbocycles. The molecule has 1 N–H and O–H groups in total. The van der Waals surface area contributed by atoms with E-state index in [1.165, 1.54) is 5.57 Å². The van der Waals surface area contributed by atoms with Crippen LogP contribution in [0.25, 0.3) is 0 Å². The van der Waals surface area contributed by atoms with Gasteiger partial charge in [0.1, 0.15) is 6.10 Å². The Morgan fingerprint density at radius 3 is 2.53 bits per heavy atom. The number of amides is 1. The van der Waals surface area contributed by atoms with Gasteiger partial charge < -0.3 is 29.1 Å². The van der Waals surface area contributed by atoms with Crippen LogP contribution in [0, 0.1) is 11.8 Å². The van der Waals surface area contributed by atoms with Gasteiger partial charge in [-0.2, -0.15) is 0 Å². The van der Waals surface area contributed by atoms with Crippen molar-refractivity contribution in [3.63, 3.8) is 0 Å². The Morgan fingerprint density at radius 2 is 1.88 bits per heavy atom. The second-order valence-corrected chi connectivity index (χ2v) is 12.4. The summed E-state index contributed by atoms with van der Waals surface area (Å²) in [6, 6.07) is 0. The number of hydrogen-bond acceptors (Lipinski definition) is 6. The van der Waals surface area contributed by atoms with E-state index < -0.39 is 5.60 Å². The maximum absolute atomic E-state index is 12.8. The van der Waals surface area contributed by atoms with E-state index in [1.807, 2.05) is 11.8 Å². The SMILES string of the molecule is CC(C)=CC[C@H]1O[C@]1(C)C1CC(OC(=O)N2CC(CCN3CCC(C)(O)CC3)C2)CCC12CO2. The van der Waals surface area contributed by atoms with Gasteiger partial charge in [-0.1, -0.05) is 11.6 Å². The fourth-order valence-electron chi connectivity index (χ4n) is 6.42. The molecule has 7 heteroatoms. The minimum atomic E-state index is -0.494. The van der Waals surface area contributed by atoms with Crippen molar-refractivity contribution in [3.05, 3.63) is 11.6 Å². The van der Waals surface area contributed by atoms with E-state index in [0.717, 1.165) is 84.3 Å². The average Bonchev–Trinajstić information content (AvgIpc) is 3.65. The molecule has 4 saturated heterocycles. The van der Waals surface area contributed by atoms with Crippen LogP contribution in [0.15, 0.2) is 11.6 Å². The molecule has 5 atom stereocenters. The number of hydrogen-bond donors (Lipinski definition) is 1. The van der Waals surface area contributed by atoms with Crippen molar-refractivity contribution in [2.75, 3.05) is 39.3 Å². The lowest BCUT2D eigenvalue weighted by Crippen LogP contribution is -2.53. The summed E-state index contributed by atoms with van der Waals surface area (Å²) in [6.07, 6.45) is 8.74. The molecule has 4 heterocycles. The fraction of sp³-hybridized carbons (Fsp3) is 0.889. The zero-order valence-corrected chi connectivity index (χ0v) is 21.6. The van der Waals surface area contributed by atoms with E-state index in [4.69, 9.17) is 14.2 Å². The van der Waals surface area contributed by atoms with Gasteiger partial charge in [0.25, 0.3) is 0 Å². The standard InChI is InChI=1S/C27H44N2O5/c1-19(2)5-6-23-26(4,34-23)22-15-21(7-9-27(22)18-32-27)33-24(30)29-16-20(17-29)8-12-28-13-10-25(3,31)11-14-28/h5,20-23,31H,6-18H2,1-4H3/t21?,22?,23-,26-,27?/m1/s1. The molecule has 0 bridgehead atoms. The van der Waals surface area contributed by atoms with Crippen molar-refractivity contribution in [2.24, 2.45) is 11.8 Å². The first-order chi connectivity index (χ1) is 16.1. The molecule has 0 aromatic rings. The number of likely N-dealkylation sites (tertiary alicyclic amines) is 2. The van der Waals surface area contributed by atoms with Crippen LogP contribution in [0.4, 0.5) is 4.79 Å². The topological polar surface area (TPSA) is 78.1 Å². The molecule has 1 amide bonds. The van der Waals surface area contributed by atoms with Gasteiger partial charge in [0.15, 0.2) is 0 Å². The van der Waals surface area contributed by atoms with Crippen LogP contribution in [0.1, 0.15) is 72.6 Å². The van der Waals surface area contributed by atoms with Crippen LogP contribution in [0.2, 0.25) is 0 Å². The molecule has 7 nitrogen and oxygen atoms in total. The Morgan fingerprint density at radius 1 is 1.18 bits per heavy atom. The third kappa shape index (κ3) is 5.18. The van der Waals surface area contributed by atoms with E-state index in [9.17, 15) is 9.90 Å². The van der Waals surface area contributed by atoms with Crippen molar-refractivity contribution in [1.82, 2.24) is 9.80 Å². The number of ether oxygens (including phenoxy) is 3. The van der Waals surface area contributed by atoms with Gasteiger partial charge in [0.2, 0.25) is 0 Å². The number of rotatable bonds is 7. The van der Waals surface area contributed by atoms with E-state index >= 15 is 0 Å². The number of piperidine rings is 1. The normalized spacial score (nSPS) is 39.4. The Bertz CT molecular complexity index is 789. The second-order valence-electron chi connectivity index (χ2n) is 12.4. The minimum absolute atomic E-state index is 0.0438. The van der Waals surface area contributed by atoms with Crippen molar-refractivity contribution in [1.29, 1.82) is 0 Å². The molecule has 192 valence electrons. The third-order valence-electron chi connectivity index (χ3n) is 9.22. The van der Waals surface area contributed by atoms with Crippen LogP contribution < -0.4 is 0 Å². The van der Waals surface area contributed by atoms with Gasteiger partial charge in [-0.05, 0) is 85.1 Å². The summed E-state index contributed by atoms with van der Waals surface area (Å²) in [7, 11) is 0. The summed E-state index contributed by atoms with van der Waals surface area (Å²) in [5.74, 6) is 0.850. The van der Waals surface area contributed by atoms with Gasteiger partial charge in [-0.25, -0.2) is 4.79 Å². The van der Waals surface area contributed by atoms with Crippen molar-refractivity contribution in [2.45, 2.75) is 102 Å². The summed E-state index contributed by atoms with van der Waals surface area (Å²) in [5.41, 5.74) is 0.605. The lowest BCUT2D eigenvalue weighted by Gasteiger charge is -2.42. The van der Waals surface area contributed by atoms with E-state index in [2.05, 4.69) is 31.7 Å². The summed E-state index contributed by atoms with van der Waals surface area (Å²) < 4.78 is 18.2. The highest BCUT2D eigenvalue weighted by atomic mass is 16.6. The van der Waals surface area contributed by atoms with Gasteiger partial charge in [-0.15, -0.1) is 0 Å². The monoisotopic (exact) mass is 476 g/mol. The fourth-order valence-corrected chi connectivity index (χ4v) is 6.42. The van der Waals surface area contributed by atoms with Crippen molar-refractivity contribution in [3.8, 4) is 0 Å². The van der Waals surface area contributed by atoms with Crippen LogP contribution in [-0.4, -0.2) is 89.3 Å². The van der Waals surface area contributed by atoms with Crippen LogP contribution in [0.3, 0.4) is 0 Å². The summed E-state index contributed by atoms with van der Waals surface area (Å²) in [4.78, 5) is 17.1. The number of allylic oxidation sites excluding steroid dienone is 1. The molecule has 34 heavy (non-hydrogen) atoms. The number of nitrogens with zero attached hydrogens (tertiary/aromatic N) is 2. The molecule has 1 aliphatic carbocycles. The summed E-state index contributed by atoms with van der Waals surface area (Å²) >= 11 is 0. The van der Waals surface area contributed by atoms with Gasteiger partial charge in [0.05, 0.1) is 29.5 Å². The molecular formula is C27H44N2O5. The van der Waals surface area contributed by atoms with Crippen LogP contribution in [-0.2, 0) is 14.2 Å². The van der Waals surface area contributed by atoms with E-state index in [1.54, 1.807) is 0 Å². The predicted octanol–water partition coefficient (Wildman–Crippen LogP) is 3.74. The lowest BCUT2D eigenvalue weighted by atomic mass is 9.70. The van der Waals surface area contributed by atoms with Crippen molar-refractivity contribution >= 4 is 6.09 Å². The lowest BCUT2D eigenvalue weighted by molar-refractivity contribution is -0.0260. The number of epoxide rings is 2. The van der Waals surface area contributed by atoms with Crippen LogP contribution >= 0.6 is 0 Å². The molecule has 5 fully saturated rings. The predicted molar refractivity (Wildman–Crippen MR) is 130 cm³/mol. The Labute approximate surface area is 204 Å². The molecular weight excluding hydrogens is 432 g/mol. The first-order valence-electron chi connectivity index (χ1n) is 13.4. The molecule has 0 aromatic carbocycles. The molecule has 0 aromatic heterocycles. The Balaban J connectivity index is 1.05. The summed E-state index contributed by atoms with van der Waals surface area (Å²) in [6.45, 7) is 13.8. The molecule has 0 radical (unpaired) electrons. The molecule has 4 aliphatic heterocycles. The molecule has 5 aliphatic rings. The maximum Gasteiger partial charge on any atom is 0.410 e. The van der Waals surface area contributed by atoms with Gasteiger partial charge in [-0.3, -0.25) is 0 Å². The third-order valence-corrected chi connectivity index (χ3v) is 9.22.